The predicted molar refractivity (Wildman–Crippen MR) is 107 cm³/mol. The van der Waals surface area contributed by atoms with E-state index in [-0.39, 0.29) is 10.8 Å². The summed E-state index contributed by atoms with van der Waals surface area (Å²) < 4.78 is 0. The van der Waals surface area contributed by atoms with Gasteiger partial charge in [-0.15, -0.1) is 0 Å². The number of carbonyl (C=O) groups excluding carboxylic acids is 1. The second-order valence-corrected chi connectivity index (χ2v) is 8.75. The molecule has 0 saturated heterocycles. The largest absolute Gasteiger partial charge is 0.293 e. The highest BCUT2D eigenvalue weighted by Gasteiger charge is 2.82. The Balaban J connectivity index is 1.59. The smallest absolute Gasteiger partial charge is 0.173 e. The van der Waals surface area contributed by atoms with Crippen LogP contribution in [0.15, 0.2) is 84.9 Å². The molecule has 0 aromatic heterocycles. The zero-order valence-corrected chi connectivity index (χ0v) is 15.4. The monoisotopic (exact) mass is 350 g/mol. The van der Waals surface area contributed by atoms with Crippen molar-refractivity contribution in [2.24, 2.45) is 11.8 Å². The third-order valence-electron chi connectivity index (χ3n) is 7.68. The Hall–Kier alpha value is -2.67. The first-order valence-corrected chi connectivity index (χ1v) is 9.94. The number of rotatable bonds is 3. The molecule has 1 nitrogen and oxygen atoms in total. The van der Waals surface area contributed by atoms with Gasteiger partial charge in [-0.25, -0.2) is 0 Å². The van der Waals surface area contributed by atoms with E-state index >= 15 is 0 Å². The fourth-order valence-corrected chi connectivity index (χ4v) is 6.76. The molecule has 5 atom stereocenters. The van der Waals surface area contributed by atoms with Crippen molar-refractivity contribution in [3.8, 4) is 0 Å². The van der Waals surface area contributed by atoms with Crippen LogP contribution in [-0.2, 0) is 10.8 Å². The van der Waals surface area contributed by atoms with Gasteiger partial charge >= 0.3 is 0 Å². The molecule has 2 saturated carbocycles. The highest BCUT2D eigenvalue weighted by Crippen LogP contribution is 2.82. The van der Waals surface area contributed by atoms with Crippen LogP contribution < -0.4 is 0 Å². The Morgan fingerprint density at radius 3 is 2.11 bits per heavy atom. The van der Waals surface area contributed by atoms with E-state index in [1.54, 1.807) is 0 Å². The molecule has 2 fully saturated rings. The van der Waals surface area contributed by atoms with E-state index in [1.807, 2.05) is 30.3 Å². The van der Waals surface area contributed by atoms with Gasteiger partial charge in [0, 0.05) is 11.0 Å². The topological polar surface area (TPSA) is 17.1 Å². The quantitative estimate of drug-likeness (QED) is 0.569. The zero-order valence-electron chi connectivity index (χ0n) is 15.4. The molecule has 1 heteroatoms. The van der Waals surface area contributed by atoms with Crippen LogP contribution in [0.2, 0.25) is 0 Å². The Morgan fingerprint density at radius 1 is 0.815 bits per heavy atom. The minimum absolute atomic E-state index is 0.131. The molecule has 3 aromatic rings. The average molecular weight is 350 g/mol. The Morgan fingerprint density at radius 2 is 1.41 bits per heavy atom. The van der Waals surface area contributed by atoms with E-state index in [2.05, 4.69) is 61.5 Å². The second-order valence-electron chi connectivity index (χ2n) is 8.75. The number of carbonyl (C=O) groups is 1. The number of hydrogen-bond acceptors (Lipinski definition) is 1. The van der Waals surface area contributed by atoms with Gasteiger partial charge in [-0.05, 0) is 40.9 Å². The molecule has 0 radical (unpaired) electrons. The lowest BCUT2D eigenvalue weighted by Crippen LogP contribution is -2.44. The first-order chi connectivity index (χ1) is 13.2. The summed E-state index contributed by atoms with van der Waals surface area (Å²) in [5.41, 5.74) is 4.76. The maximum Gasteiger partial charge on any atom is 0.173 e. The summed E-state index contributed by atoms with van der Waals surface area (Å²) in [4.78, 5) is 13.8. The minimum Gasteiger partial charge on any atom is -0.293 e. The van der Waals surface area contributed by atoms with Gasteiger partial charge in [-0.1, -0.05) is 91.9 Å². The molecule has 132 valence electrons. The summed E-state index contributed by atoms with van der Waals surface area (Å²) >= 11 is 0. The number of benzene rings is 3. The maximum atomic E-state index is 13.8. The fraction of sp³-hybridized carbons (Fsp3) is 0.269. The average Bonchev–Trinajstić information content (AvgIpc) is 3.27. The van der Waals surface area contributed by atoms with Crippen molar-refractivity contribution in [3.63, 3.8) is 0 Å². The van der Waals surface area contributed by atoms with Crippen molar-refractivity contribution in [2.45, 2.75) is 30.1 Å². The minimum atomic E-state index is -0.323. The molecular formula is C26H22O. The number of hydrogen-bond donors (Lipinski definition) is 0. The molecule has 6 rings (SSSR count). The molecule has 3 aromatic carbocycles. The summed E-state index contributed by atoms with van der Waals surface area (Å²) in [5, 5.41) is 0. The van der Waals surface area contributed by atoms with Crippen LogP contribution in [0.1, 0.15) is 46.3 Å². The van der Waals surface area contributed by atoms with Crippen molar-refractivity contribution >= 4 is 5.78 Å². The second kappa shape index (κ2) is 4.98. The normalized spacial score (nSPS) is 34.8. The lowest BCUT2D eigenvalue weighted by molar-refractivity contribution is 0.0897. The van der Waals surface area contributed by atoms with Crippen LogP contribution in [0.5, 0.6) is 0 Å². The van der Waals surface area contributed by atoms with E-state index in [4.69, 9.17) is 0 Å². The Bertz CT molecular complexity index is 1050. The van der Waals surface area contributed by atoms with E-state index in [1.165, 1.54) is 16.7 Å². The third kappa shape index (κ3) is 1.69. The molecule has 3 aliphatic rings. The molecule has 0 N–H and O–H groups in total. The Labute approximate surface area is 160 Å². The van der Waals surface area contributed by atoms with Crippen LogP contribution >= 0.6 is 0 Å². The summed E-state index contributed by atoms with van der Waals surface area (Å²) in [7, 11) is 0. The molecule has 2 unspecified atom stereocenters. The molecule has 0 amide bonds. The number of fused-ring (bicyclic) bond motifs is 5. The van der Waals surface area contributed by atoms with Gasteiger partial charge in [0.15, 0.2) is 5.78 Å². The van der Waals surface area contributed by atoms with Gasteiger partial charge in [-0.3, -0.25) is 4.79 Å². The van der Waals surface area contributed by atoms with Crippen molar-refractivity contribution in [1.82, 2.24) is 0 Å². The van der Waals surface area contributed by atoms with E-state index < -0.39 is 0 Å². The molecule has 27 heavy (non-hydrogen) atoms. The van der Waals surface area contributed by atoms with E-state index in [0.717, 1.165) is 12.0 Å². The molecular weight excluding hydrogens is 328 g/mol. The fourth-order valence-electron chi connectivity index (χ4n) is 6.76. The molecule has 2 bridgehead atoms. The van der Waals surface area contributed by atoms with Crippen molar-refractivity contribution in [2.75, 3.05) is 0 Å². The standard InChI is InChI=1S/C26H22O/c1-25-16-21-23(22(25)17-10-4-2-5-11-17)26(21,20-15-9-8-14-19(20)25)24(27)18-12-6-3-7-13-18/h2-15,21-23H,16H2,1H3/t21-,22-,23?,25-,26?/m1/s1. The van der Waals surface area contributed by atoms with Gasteiger partial charge in [0.1, 0.15) is 0 Å². The first-order valence-electron chi connectivity index (χ1n) is 9.94. The van der Waals surface area contributed by atoms with Crippen LogP contribution in [0.25, 0.3) is 0 Å². The molecule has 3 aliphatic carbocycles. The van der Waals surface area contributed by atoms with Crippen molar-refractivity contribution < 1.29 is 4.79 Å². The summed E-state index contributed by atoms with van der Waals surface area (Å²) in [6.07, 6.45) is 1.12. The van der Waals surface area contributed by atoms with Gasteiger partial charge in [0.2, 0.25) is 0 Å². The van der Waals surface area contributed by atoms with E-state index in [9.17, 15) is 4.79 Å². The summed E-state index contributed by atoms with van der Waals surface area (Å²) in [6.45, 7) is 2.42. The molecule has 0 heterocycles. The van der Waals surface area contributed by atoms with Gasteiger partial charge in [-0.2, -0.15) is 0 Å². The van der Waals surface area contributed by atoms with Crippen LogP contribution in [0.3, 0.4) is 0 Å². The molecule has 0 spiro atoms. The zero-order chi connectivity index (χ0) is 18.2. The highest BCUT2D eigenvalue weighted by molar-refractivity contribution is 6.08. The maximum absolute atomic E-state index is 13.8. The number of Topliss-reactive ketones (excluding diaryl/α,β-unsaturated/α-hetero) is 1. The van der Waals surface area contributed by atoms with Crippen LogP contribution in [-0.4, -0.2) is 5.78 Å². The summed E-state index contributed by atoms with van der Waals surface area (Å²) in [5.74, 6) is 1.64. The lowest BCUT2D eigenvalue weighted by atomic mass is 9.56. The highest BCUT2D eigenvalue weighted by atomic mass is 16.1. The first kappa shape index (κ1) is 15.4. The van der Waals surface area contributed by atoms with Crippen LogP contribution in [0, 0.1) is 11.8 Å². The van der Waals surface area contributed by atoms with Crippen molar-refractivity contribution in [1.29, 1.82) is 0 Å². The predicted octanol–water partition coefficient (Wildman–Crippen LogP) is 5.51. The summed E-state index contributed by atoms with van der Waals surface area (Å²) in [6, 6.07) is 29.6. The van der Waals surface area contributed by atoms with Crippen molar-refractivity contribution in [3.05, 3.63) is 107 Å². The van der Waals surface area contributed by atoms with E-state index in [0.29, 0.717) is 23.5 Å². The Kier molecular flexibility index (Phi) is 2.84. The lowest BCUT2D eigenvalue weighted by Gasteiger charge is -2.46. The van der Waals surface area contributed by atoms with Gasteiger partial charge in [0.25, 0.3) is 0 Å². The molecule has 0 aliphatic heterocycles. The van der Waals surface area contributed by atoms with Gasteiger partial charge in [0.05, 0.1) is 5.41 Å². The number of ketones is 1. The third-order valence-corrected chi connectivity index (χ3v) is 7.68. The van der Waals surface area contributed by atoms with Crippen LogP contribution in [0.4, 0.5) is 0 Å². The van der Waals surface area contributed by atoms with Gasteiger partial charge < -0.3 is 0 Å². The SMILES string of the molecule is C[C@]12C[C@@H]3C([C@H]1c1ccccc1)C3(C(=O)c1ccccc1)c1ccccc12.